The van der Waals surface area contributed by atoms with Crippen molar-refractivity contribution in [2.24, 2.45) is 0 Å². The summed E-state index contributed by atoms with van der Waals surface area (Å²) in [4.78, 5) is 12.0. The van der Waals surface area contributed by atoms with Crippen LogP contribution in [0, 0.1) is 0 Å². The topological polar surface area (TPSA) is 26.3 Å². The Morgan fingerprint density at radius 1 is 1.12 bits per heavy atom. The second-order valence-corrected chi connectivity index (χ2v) is 4.95. The third kappa shape index (κ3) is 3.84. The molecule has 90 valence electrons. The molecule has 0 aromatic heterocycles. The average Bonchev–Trinajstić information content (AvgIpc) is 2.65. The van der Waals surface area contributed by atoms with Crippen LogP contribution in [0.15, 0.2) is 22.8 Å². The Kier molecular flexibility index (Phi) is 4.78. The Hall–Kier alpha value is -1.05. The Morgan fingerprint density at radius 2 is 1.69 bits per heavy atom. The van der Waals surface area contributed by atoms with Crippen LogP contribution in [0.25, 0.3) is 0 Å². The number of carbonyl (C=O) groups excluding carboxylic acids is 1. The first kappa shape index (κ1) is 13.0. The molecule has 0 unspecified atom stereocenters. The van der Waals surface area contributed by atoms with Gasteiger partial charge in [-0.15, -0.1) is 0 Å². The highest BCUT2D eigenvalue weighted by Gasteiger charge is 2.21. The van der Waals surface area contributed by atoms with Crippen molar-refractivity contribution in [2.45, 2.75) is 59.5 Å². The van der Waals surface area contributed by atoms with E-state index in [2.05, 4.69) is 0 Å². The van der Waals surface area contributed by atoms with Gasteiger partial charge in [0.15, 0.2) is 0 Å². The van der Waals surface area contributed by atoms with Gasteiger partial charge in [-0.05, 0) is 59.5 Å². The van der Waals surface area contributed by atoms with E-state index in [0.29, 0.717) is 5.57 Å². The lowest BCUT2D eigenvalue weighted by Crippen LogP contribution is -2.16. The Balaban J connectivity index is 2.69. The SMILES string of the molecule is CC(C)=CC(C(=O)OC1CCCC1)=C(C)C. The average molecular weight is 222 g/mol. The number of hydrogen-bond acceptors (Lipinski definition) is 2. The molecule has 1 aliphatic carbocycles. The van der Waals surface area contributed by atoms with Gasteiger partial charge in [-0.2, -0.15) is 0 Å². The predicted molar refractivity (Wildman–Crippen MR) is 66.2 cm³/mol. The molecular formula is C14H22O2. The quantitative estimate of drug-likeness (QED) is 0.413. The number of esters is 1. The first-order valence-electron chi connectivity index (χ1n) is 6.04. The van der Waals surface area contributed by atoms with E-state index in [1.54, 1.807) is 0 Å². The summed E-state index contributed by atoms with van der Waals surface area (Å²) in [5.74, 6) is -0.159. The van der Waals surface area contributed by atoms with Crippen molar-refractivity contribution in [2.75, 3.05) is 0 Å². The highest BCUT2D eigenvalue weighted by Crippen LogP contribution is 2.23. The molecule has 1 aliphatic rings. The number of hydrogen-bond donors (Lipinski definition) is 0. The predicted octanol–water partition coefficient (Wildman–Crippen LogP) is 3.77. The van der Waals surface area contributed by atoms with E-state index in [0.717, 1.165) is 24.0 Å². The van der Waals surface area contributed by atoms with Crippen molar-refractivity contribution >= 4 is 5.97 Å². The molecule has 0 heterocycles. The van der Waals surface area contributed by atoms with Crippen LogP contribution >= 0.6 is 0 Å². The number of ether oxygens (including phenoxy) is 1. The molecule has 0 aromatic rings. The van der Waals surface area contributed by atoms with E-state index in [1.165, 1.54) is 12.8 Å². The number of carbonyl (C=O) groups is 1. The third-order valence-corrected chi connectivity index (χ3v) is 2.77. The first-order chi connectivity index (χ1) is 7.50. The molecule has 0 aliphatic heterocycles. The Labute approximate surface area is 98.4 Å². The van der Waals surface area contributed by atoms with Gasteiger partial charge >= 0.3 is 5.97 Å². The monoisotopic (exact) mass is 222 g/mol. The molecule has 16 heavy (non-hydrogen) atoms. The zero-order valence-corrected chi connectivity index (χ0v) is 10.8. The number of rotatable bonds is 3. The maximum absolute atomic E-state index is 12.0. The van der Waals surface area contributed by atoms with Crippen LogP contribution in [0.2, 0.25) is 0 Å². The van der Waals surface area contributed by atoms with Gasteiger partial charge in [-0.1, -0.05) is 11.1 Å². The van der Waals surface area contributed by atoms with E-state index < -0.39 is 0 Å². The van der Waals surface area contributed by atoms with Crippen molar-refractivity contribution in [1.29, 1.82) is 0 Å². The van der Waals surface area contributed by atoms with Crippen molar-refractivity contribution in [3.05, 3.63) is 22.8 Å². The lowest BCUT2D eigenvalue weighted by Gasteiger charge is -2.13. The van der Waals surface area contributed by atoms with Crippen LogP contribution in [-0.2, 0) is 9.53 Å². The van der Waals surface area contributed by atoms with E-state index in [1.807, 2.05) is 33.8 Å². The second-order valence-electron chi connectivity index (χ2n) is 4.95. The summed E-state index contributed by atoms with van der Waals surface area (Å²) in [6.45, 7) is 7.88. The lowest BCUT2D eigenvalue weighted by molar-refractivity contribution is -0.143. The molecule has 0 aromatic carbocycles. The van der Waals surface area contributed by atoms with Crippen LogP contribution in [0.5, 0.6) is 0 Å². The van der Waals surface area contributed by atoms with Crippen LogP contribution in [0.1, 0.15) is 53.4 Å². The lowest BCUT2D eigenvalue weighted by atomic mass is 10.1. The fraction of sp³-hybridized carbons (Fsp3) is 0.643. The molecule has 0 bridgehead atoms. The Morgan fingerprint density at radius 3 is 2.12 bits per heavy atom. The van der Waals surface area contributed by atoms with Crippen molar-refractivity contribution in [3.63, 3.8) is 0 Å². The zero-order valence-electron chi connectivity index (χ0n) is 10.8. The smallest absolute Gasteiger partial charge is 0.338 e. The molecule has 0 radical (unpaired) electrons. The van der Waals surface area contributed by atoms with Crippen LogP contribution in [0.3, 0.4) is 0 Å². The van der Waals surface area contributed by atoms with Gasteiger partial charge in [0.05, 0.1) is 5.57 Å². The molecule has 2 heteroatoms. The summed E-state index contributed by atoms with van der Waals surface area (Å²) in [5, 5.41) is 0. The molecule has 0 saturated heterocycles. The highest BCUT2D eigenvalue weighted by atomic mass is 16.5. The molecule has 0 atom stereocenters. The largest absolute Gasteiger partial charge is 0.459 e. The van der Waals surface area contributed by atoms with Gasteiger partial charge in [0, 0.05) is 0 Å². The molecule has 0 spiro atoms. The highest BCUT2D eigenvalue weighted by molar-refractivity contribution is 5.92. The maximum Gasteiger partial charge on any atom is 0.338 e. The van der Waals surface area contributed by atoms with Gasteiger partial charge in [-0.3, -0.25) is 0 Å². The summed E-state index contributed by atoms with van der Waals surface area (Å²) in [7, 11) is 0. The fourth-order valence-corrected chi connectivity index (χ4v) is 1.92. The van der Waals surface area contributed by atoms with Gasteiger partial charge in [0.25, 0.3) is 0 Å². The minimum Gasteiger partial charge on any atom is -0.459 e. The second kappa shape index (κ2) is 5.88. The summed E-state index contributed by atoms with van der Waals surface area (Å²) in [6, 6.07) is 0. The van der Waals surface area contributed by atoms with E-state index >= 15 is 0 Å². The van der Waals surface area contributed by atoms with E-state index in [9.17, 15) is 4.79 Å². The normalized spacial score (nSPS) is 15.8. The molecule has 0 N–H and O–H groups in total. The Bertz CT molecular complexity index is 310. The maximum atomic E-state index is 12.0. The van der Waals surface area contributed by atoms with Crippen molar-refractivity contribution in [3.8, 4) is 0 Å². The zero-order chi connectivity index (χ0) is 12.1. The minimum absolute atomic E-state index is 0.146. The van der Waals surface area contributed by atoms with Gasteiger partial charge in [0.2, 0.25) is 0 Å². The third-order valence-electron chi connectivity index (χ3n) is 2.77. The van der Waals surface area contributed by atoms with Crippen molar-refractivity contribution < 1.29 is 9.53 Å². The van der Waals surface area contributed by atoms with Crippen molar-refractivity contribution in [1.82, 2.24) is 0 Å². The molecule has 0 amide bonds. The first-order valence-corrected chi connectivity index (χ1v) is 6.04. The van der Waals surface area contributed by atoms with Gasteiger partial charge < -0.3 is 4.74 Å². The summed E-state index contributed by atoms with van der Waals surface area (Å²) >= 11 is 0. The van der Waals surface area contributed by atoms with Crippen LogP contribution in [0.4, 0.5) is 0 Å². The summed E-state index contributed by atoms with van der Waals surface area (Å²) < 4.78 is 5.49. The minimum atomic E-state index is -0.159. The molecule has 1 fully saturated rings. The molecule has 1 saturated carbocycles. The standard InChI is InChI=1S/C14H22O2/c1-10(2)9-13(11(3)4)14(15)16-12-7-5-6-8-12/h9,12H,5-8H2,1-4H3. The number of allylic oxidation sites excluding steroid dienone is 2. The molecular weight excluding hydrogens is 200 g/mol. The summed E-state index contributed by atoms with van der Waals surface area (Å²) in [5.41, 5.74) is 2.86. The summed E-state index contributed by atoms with van der Waals surface area (Å²) in [6.07, 6.45) is 6.47. The van der Waals surface area contributed by atoms with Crippen LogP contribution in [-0.4, -0.2) is 12.1 Å². The van der Waals surface area contributed by atoms with Gasteiger partial charge in [-0.25, -0.2) is 4.79 Å². The van der Waals surface area contributed by atoms with E-state index in [4.69, 9.17) is 4.74 Å². The van der Waals surface area contributed by atoms with Gasteiger partial charge in [0.1, 0.15) is 6.10 Å². The van der Waals surface area contributed by atoms with E-state index in [-0.39, 0.29) is 12.1 Å². The fourth-order valence-electron chi connectivity index (χ4n) is 1.92. The molecule has 2 nitrogen and oxygen atoms in total. The van der Waals surface area contributed by atoms with Crippen LogP contribution < -0.4 is 0 Å². The molecule has 1 rings (SSSR count).